The first-order chi connectivity index (χ1) is 7.58. The number of hydrogen-bond donors (Lipinski definition) is 1. The van der Waals surface area contributed by atoms with Crippen LogP contribution >= 0.6 is 0 Å². The molecule has 1 aliphatic heterocycles. The zero-order valence-electron chi connectivity index (χ0n) is 9.56. The third kappa shape index (κ3) is 2.09. The molecule has 0 saturated carbocycles. The molecule has 1 aromatic heterocycles. The van der Waals surface area contributed by atoms with Gasteiger partial charge in [-0.1, -0.05) is 0 Å². The molecule has 1 aliphatic rings. The molecule has 1 atom stereocenters. The van der Waals surface area contributed by atoms with Gasteiger partial charge >= 0.3 is 5.97 Å². The van der Waals surface area contributed by atoms with E-state index in [1.165, 1.54) is 0 Å². The first kappa shape index (κ1) is 11.1. The lowest BCUT2D eigenvalue weighted by molar-refractivity contribution is 0.0657. The molecule has 1 aromatic rings. The molecule has 88 valence electrons. The number of carbonyl (C=O) groups is 1. The number of aromatic carboxylic acids is 1. The third-order valence-electron chi connectivity index (χ3n) is 2.98. The zero-order chi connectivity index (χ0) is 11.7. The summed E-state index contributed by atoms with van der Waals surface area (Å²) in [5.41, 5.74) is 0.468. The van der Waals surface area contributed by atoms with Gasteiger partial charge < -0.3 is 14.4 Å². The number of hydrogen-bond acceptors (Lipinski definition) is 4. The van der Waals surface area contributed by atoms with Crippen molar-refractivity contribution in [2.24, 2.45) is 0 Å². The summed E-state index contributed by atoms with van der Waals surface area (Å²) < 4.78 is 5.33. The van der Waals surface area contributed by atoms with Gasteiger partial charge in [0.2, 0.25) is 5.76 Å². The van der Waals surface area contributed by atoms with Crippen LogP contribution < -0.4 is 0 Å². The molecule has 2 heterocycles. The highest BCUT2D eigenvalue weighted by Crippen LogP contribution is 2.27. The number of likely N-dealkylation sites (tertiary alicyclic amines) is 1. The number of likely N-dealkylation sites (N-methyl/N-ethyl adjacent to an activating group) is 1. The van der Waals surface area contributed by atoms with E-state index >= 15 is 0 Å². The maximum atomic E-state index is 10.8. The minimum atomic E-state index is -1.04. The minimum absolute atomic E-state index is 0.0248. The molecule has 1 N–H and O–H groups in total. The molecule has 1 fully saturated rings. The molecule has 0 bridgehead atoms. The van der Waals surface area contributed by atoms with Crippen LogP contribution in [0.1, 0.15) is 40.9 Å². The van der Waals surface area contributed by atoms with Crippen molar-refractivity contribution in [2.45, 2.75) is 25.7 Å². The smallest absolute Gasteiger partial charge is 0.373 e. The Hall–Kier alpha value is -1.36. The molecule has 5 nitrogen and oxygen atoms in total. The van der Waals surface area contributed by atoms with Crippen molar-refractivity contribution in [2.75, 3.05) is 20.1 Å². The largest absolute Gasteiger partial charge is 0.475 e. The van der Waals surface area contributed by atoms with Gasteiger partial charge in [0.15, 0.2) is 5.89 Å². The molecule has 1 unspecified atom stereocenters. The fourth-order valence-corrected chi connectivity index (χ4v) is 2.16. The SMILES string of the molecule is Cc1nc(C2CCCN(C)C2)oc1C(=O)O. The topological polar surface area (TPSA) is 66.6 Å². The van der Waals surface area contributed by atoms with Crippen LogP contribution in [0.2, 0.25) is 0 Å². The standard InChI is InChI=1S/C11H16N2O3/c1-7-9(11(14)15)16-10(12-7)8-4-3-5-13(2)6-8/h8H,3-6H2,1-2H3,(H,14,15). The van der Waals surface area contributed by atoms with Crippen LogP contribution in [-0.4, -0.2) is 41.1 Å². The van der Waals surface area contributed by atoms with Crippen molar-refractivity contribution in [3.05, 3.63) is 17.3 Å². The van der Waals surface area contributed by atoms with E-state index in [-0.39, 0.29) is 11.7 Å². The second kappa shape index (κ2) is 4.25. The Bertz CT molecular complexity index is 400. The van der Waals surface area contributed by atoms with E-state index in [0.29, 0.717) is 11.6 Å². The molecule has 0 aliphatic carbocycles. The molecule has 2 rings (SSSR count). The van der Waals surface area contributed by atoms with Crippen molar-refractivity contribution in [1.29, 1.82) is 0 Å². The molecule has 0 aromatic carbocycles. The number of aromatic nitrogens is 1. The number of carboxylic acids is 1. The van der Waals surface area contributed by atoms with Crippen molar-refractivity contribution in [3.8, 4) is 0 Å². The van der Waals surface area contributed by atoms with Gasteiger partial charge in [0.1, 0.15) is 0 Å². The minimum Gasteiger partial charge on any atom is -0.475 e. The lowest BCUT2D eigenvalue weighted by atomic mass is 9.99. The van der Waals surface area contributed by atoms with Crippen LogP contribution in [0, 0.1) is 6.92 Å². The quantitative estimate of drug-likeness (QED) is 0.824. The predicted molar refractivity (Wildman–Crippen MR) is 57.7 cm³/mol. The van der Waals surface area contributed by atoms with Crippen molar-refractivity contribution < 1.29 is 14.3 Å². The number of rotatable bonds is 2. The Morgan fingerprint density at radius 3 is 2.94 bits per heavy atom. The number of nitrogens with zero attached hydrogens (tertiary/aromatic N) is 2. The Morgan fingerprint density at radius 2 is 2.38 bits per heavy atom. The first-order valence-corrected chi connectivity index (χ1v) is 5.47. The molecule has 0 radical (unpaired) electrons. The summed E-state index contributed by atoms with van der Waals surface area (Å²) in [6.45, 7) is 3.64. The van der Waals surface area contributed by atoms with Gasteiger partial charge in [-0.15, -0.1) is 0 Å². The van der Waals surface area contributed by atoms with Crippen molar-refractivity contribution in [1.82, 2.24) is 9.88 Å². The number of aryl methyl sites for hydroxylation is 1. The molecule has 0 amide bonds. The monoisotopic (exact) mass is 224 g/mol. The summed E-state index contributed by atoms with van der Waals surface area (Å²) in [7, 11) is 2.06. The molecule has 5 heteroatoms. The number of carboxylic acid groups (broad SMARTS) is 1. The van der Waals surface area contributed by atoms with Crippen LogP contribution in [0.4, 0.5) is 0 Å². The van der Waals surface area contributed by atoms with Gasteiger partial charge in [0.25, 0.3) is 0 Å². The van der Waals surface area contributed by atoms with E-state index in [1.807, 2.05) is 0 Å². The Balaban J connectivity index is 2.20. The van der Waals surface area contributed by atoms with Crippen LogP contribution in [0.25, 0.3) is 0 Å². The summed E-state index contributed by atoms with van der Waals surface area (Å²) in [4.78, 5) is 17.3. The molecule has 0 spiro atoms. The summed E-state index contributed by atoms with van der Waals surface area (Å²) in [6, 6.07) is 0. The van der Waals surface area contributed by atoms with Crippen LogP contribution in [0.15, 0.2) is 4.42 Å². The second-order valence-electron chi connectivity index (χ2n) is 4.37. The lowest BCUT2D eigenvalue weighted by Gasteiger charge is -2.27. The summed E-state index contributed by atoms with van der Waals surface area (Å²) in [6.07, 6.45) is 2.12. The maximum Gasteiger partial charge on any atom is 0.373 e. The summed E-state index contributed by atoms with van der Waals surface area (Å²) in [5, 5.41) is 8.89. The fraction of sp³-hybridized carbons (Fsp3) is 0.636. The van der Waals surface area contributed by atoms with E-state index < -0.39 is 5.97 Å². The zero-order valence-corrected chi connectivity index (χ0v) is 9.56. The van der Waals surface area contributed by atoms with Crippen LogP contribution in [0.3, 0.4) is 0 Å². The molecule has 16 heavy (non-hydrogen) atoms. The summed E-state index contributed by atoms with van der Waals surface area (Å²) in [5.74, 6) is -0.268. The number of oxazole rings is 1. The Morgan fingerprint density at radius 1 is 1.62 bits per heavy atom. The van der Waals surface area contributed by atoms with Crippen molar-refractivity contribution >= 4 is 5.97 Å². The average molecular weight is 224 g/mol. The number of piperidine rings is 1. The third-order valence-corrected chi connectivity index (χ3v) is 2.98. The van der Waals surface area contributed by atoms with Gasteiger partial charge in [0.05, 0.1) is 5.69 Å². The van der Waals surface area contributed by atoms with Gasteiger partial charge in [-0.2, -0.15) is 0 Å². The van der Waals surface area contributed by atoms with E-state index in [4.69, 9.17) is 9.52 Å². The second-order valence-corrected chi connectivity index (χ2v) is 4.37. The maximum absolute atomic E-state index is 10.8. The highest BCUT2D eigenvalue weighted by atomic mass is 16.4. The predicted octanol–water partition coefficient (Wildman–Crippen LogP) is 1.49. The first-order valence-electron chi connectivity index (χ1n) is 5.47. The van der Waals surface area contributed by atoms with E-state index in [1.54, 1.807) is 6.92 Å². The van der Waals surface area contributed by atoms with E-state index in [2.05, 4.69) is 16.9 Å². The van der Waals surface area contributed by atoms with Crippen LogP contribution in [0.5, 0.6) is 0 Å². The normalized spacial score (nSPS) is 22.2. The van der Waals surface area contributed by atoms with E-state index in [0.717, 1.165) is 25.9 Å². The fourth-order valence-electron chi connectivity index (χ4n) is 2.16. The summed E-state index contributed by atoms with van der Waals surface area (Å²) >= 11 is 0. The molecular weight excluding hydrogens is 208 g/mol. The highest BCUT2D eigenvalue weighted by Gasteiger charge is 2.25. The van der Waals surface area contributed by atoms with Gasteiger partial charge in [-0.05, 0) is 33.4 Å². The van der Waals surface area contributed by atoms with Gasteiger partial charge in [0, 0.05) is 12.5 Å². The lowest BCUT2D eigenvalue weighted by Crippen LogP contribution is -2.30. The average Bonchev–Trinajstić information content (AvgIpc) is 2.60. The van der Waals surface area contributed by atoms with Crippen LogP contribution in [-0.2, 0) is 0 Å². The van der Waals surface area contributed by atoms with E-state index in [9.17, 15) is 4.79 Å². The Labute approximate surface area is 94.1 Å². The molecular formula is C11H16N2O3. The van der Waals surface area contributed by atoms with Crippen molar-refractivity contribution in [3.63, 3.8) is 0 Å². The van der Waals surface area contributed by atoms with Gasteiger partial charge in [-0.25, -0.2) is 9.78 Å². The Kier molecular flexibility index (Phi) is 2.96. The van der Waals surface area contributed by atoms with Gasteiger partial charge in [-0.3, -0.25) is 0 Å². The highest BCUT2D eigenvalue weighted by molar-refractivity contribution is 5.85. The molecule has 1 saturated heterocycles.